The van der Waals surface area contributed by atoms with E-state index < -0.39 is 6.04 Å². The van der Waals surface area contributed by atoms with Crippen molar-refractivity contribution in [3.63, 3.8) is 0 Å². The first-order chi connectivity index (χ1) is 14.5. The van der Waals surface area contributed by atoms with Crippen molar-refractivity contribution in [1.29, 1.82) is 0 Å². The number of nitrogens with one attached hydrogen (secondary N) is 1. The maximum Gasteiger partial charge on any atom is 0.242 e. The van der Waals surface area contributed by atoms with Crippen LogP contribution < -0.4 is 5.32 Å². The summed E-state index contributed by atoms with van der Waals surface area (Å²) in [5, 5.41) is 2.85. The van der Waals surface area contributed by atoms with E-state index >= 15 is 0 Å². The number of hydrogen-bond acceptors (Lipinski definition) is 2. The van der Waals surface area contributed by atoms with Crippen molar-refractivity contribution >= 4 is 11.8 Å². The van der Waals surface area contributed by atoms with E-state index in [0.717, 1.165) is 5.56 Å². The van der Waals surface area contributed by atoms with Gasteiger partial charge in [-0.2, -0.15) is 0 Å². The summed E-state index contributed by atoms with van der Waals surface area (Å²) < 4.78 is 14.2. The van der Waals surface area contributed by atoms with Crippen LogP contribution in [-0.2, 0) is 28.0 Å². The lowest BCUT2D eigenvalue weighted by atomic mass is 9.86. The van der Waals surface area contributed by atoms with Gasteiger partial charge < -0.3 is 10.2 Å². The molecule has 2 aromatic carbocycles. The number of nitrogens with zero attached hydrogens (tertiary/aromatic N) is 1. The van der Waals surface area contributed by atoms with Crippen molar-refractivity contribution in [2.45, 2.75) is 78.4 Å². The van der Waals surface area contributed by atoms with E-state index in [-0.39, 0.29) is 42.1 Å². The molecule has 0 fully saturated rings. The summed E-state index contributed by atoms with van der Waals surface area (Å²) >= 11 is 0. The van der Waals surface area contributed by atoms with Crippen molar-refractivity contribution < 1.29 is 14.0 Å². The molecule has 0 aromatic heterocycles. The van der Waals surface area contributed by atoms with Gasteiger partial charge in [0.2, 0.25) is 11.8 Å². The Hall–Kier alpha value is -2.69. The third-order valence-electron chi connectivity index (χ3n) is 5.34. The third-order valence-corrected chi connectivity index (χ3v) is 5.34. The summed E-state index contributed by atoms with van der Waals surface area (Å²) in [7, 11) is 0. The van der Waals surface area contributed by atoms with Gasteiger partial charge in [-0.1, -0.05) is 63.2 Å². The zero-order chi connectivity index (χ0) is 23.2. The van der Waals surface area contributed by atoms with Crippen molar-refractivity contribution in [3.05, 3.63) is 71.0 Å². The zero-order valence-electron chi connectivity index (χ0n) is 19.5. The van der Waals surface area contributed by atoms with Gasteiger partial charge in [0.15, 0.2) is 0 Å². The zero-order valence-corrected chi connectivity index (χ0v) is 19.5. The Bertz CT molecular complexity index is 885. The highest BCUT2D eigenvalue weighted by Crippen LogP contribution is 2.23. The average molecular weight is 427 g/mol. The van der Waals surface area contributed by atoms with Gasteiger partial charge in [0.25, 0.3) is 0 Å². The van der Waals surface area contributed by atoms with Crippen LogP contribution in [0.5, 0.6) is 0 Å². The van der Waals surface area contributed by atoms with Gasteiger partial charge in [-0.25, -0.2) is 4.39 Å². The molecule has 1 N–H and O–H groups in total. The van der Waals surface area contributed by atoms with E-state index in [1.807, 2.05) is 26.0 Å². The molecule has 0 aliphatic heterocycles. The SMILES string of the molecule is CC(C)NC(=O)[C@H](C)N(Cc1ccccc1F)C(=O)CCc1ccc(C(C)(C)C)cc1. The van der Waals surface area contributed by atoms with Gasteiger partial charge >= 0.3 is 0 Å². The maximum atomic E-state index is 14.2. The van der Waals surface area contributed by atoms with E-state index in [1.165, 1.54) is 16.5 Å². The van der Waals surface area contributed by atoms with Gasteiger partial charge in [0.1, 0.15) is 11.9 Å². The standard InChI is InChI=1S/C26H35FN2O2/c1-18(2)28-25(31)19(3)29(17-21-9-7-8-10-23(21)27)24(30)16-13-20-11-14-22(15-12-20)26(4,5)6/h7-12,14-15,18-19H,13,16-17H2,1-6H3,(H,28,31)/t19-/m0/s1. The highest BCUT2D eigenvalue weighted by Gasteiger charge is 2.27. The van der Waals surface area contributed by atoms with Crippen molar-refractivity contribution in [2.75, 3.05) is 0 Å². The Morgan fingerprint density at radius 1 is 1.00 bits per heavy atom. The fraction of sp³-hybridized carbons (Fsp3) is 0.462. The summed E-state index contributed by atoms with van der Waals surface area (Å²) in [6.45, 7) is 12.0. The Balaban J connectivity index is 2.15. The van der Waals surface area contributed by atoms with Crippen LogP contribution in [0.2, 0.25) is 0 Å². The first-order valence-electron chi connectivity index (χ1n) is 10.9. The fourth-order valence-corrected chi connectivity index (χ4v) is 3.36. The van der Waals surface area contributed by atoms with Gasteiger partial charge in [-0.15, -0.1) is 0 Å². The average Bonchev–Trinajstić information content (AvgIpc) is 2.70. The molecule has 168 valence electrons. The molecule has 31 heavy (non-hydrogen) atoms. The van der Waals surface area contributed by atoms with E-state index in [0.29, 0.717) is 12.0 Å². The van der Waals surface area contributed by atoms with Crippen molar-refractivity contribution in [2.24, 2.45) is 0 Å². The van der Waals surface area contributed by atoms with Crippen LogP contribution in [0.1, 0.15) is 64.7 Å². The molecular formula is C26H35FN2O2. The second-order valence-electron chi connectivity index (χ2n) is 9.40. The predicted octanol–water partition coefficient (Wildman–Crippen LogP) is 5.00. The van der Waals surface area contributed by atoms with Crippen LogP contribution in [0.15, 0.2) is 48.5 Å². The normalized spacial score (nSPS) is 12.5. The lowest BCUT2D eigenvalue weighted by molar-refractivity contribution is -0.140. The first-order valence-corrected chi connectivity index (χ1v) is 10.9. The molecule has 0 heterocycles. The second kappa shape index (κ2) is 10.6. The molecule has 0 aliphatic carbocycles. The van der Waals surface area contributed by atoms with E-state index in [1.54, 1.807) is 25.1 Å². The number of rotatable bonds is 8. The molecule has 2 aromatic rings. The monoisotopic (exact) mass is 426 g/mol. The number of amides is 2. The molecule has 0 saturated heterocycles. The van der Waals surface area contributed by atoms with Crippen LogP contribution in [0, 0.1) is 5.82 Å². The number of aryl methyl sites for hydroxylation is 1. The summed E-state index contributed by atoms with van der Waals surface area (Å²) in [5.41, 5.74) is 2.77. The molecule has 0 aliphatic rings. The largest absolute Gasteiger partial charge is 0.352 e. The van der Waals surface area contributed by atoms with Crippen LogP contribution in [0.25, 0.3) is 0 Å². The van der Waals surface area contributed by atoms with Crippen LogP contribution in [0.3, 0.4) is 0 Å². The Morgan fingerprint density at radius 2 is 1.61 bits per heavy atom. The molecule has 0 spiro atoms. The number of benzene rings is 2. The number of hydrogen-bond donors (Lipinski definition) is 1. The van der Waals surface area contributed by atoms with Gasteiger partial charge in [0.05, 0.1) is 0 Å². The maximum absolute atomic E-state index is 14.2. The fourth-order valence-electron chi connectivity index (χ4n) is 3.36. The Kier molecular flexibility index (Phi) is 8.37. The lowest BCUT2D eigenvalue weighted by Crippen LogP contribution is -2.49. The number of halogens is 1. The molecule has 2 rings (SSSR count). The Morgan fingerprint density at radius 3 is 2.16 bits per heavy atom. The van der Waals surface area contributed by atoms with E-state index in [4.69, 9.17) is 0 Å². The molecule has 4 nitrogen and oxygen atoms in total. The van der Waals surface area contributed by atoms with Gasteiger partial charge in [0, 0.05) is 24.6 Å². The lowest BCUT2D eigenvalue weighted by Gasteiger charge is -2.29. The minimum atomic E-state index is -0.697. The highest BCUT2D eigenvalue weighted by molar-refractivity contribution is 5.87. The minimum absolute atomic E-state index is 0.0401. The first kappa shape index (κ1) is 24.6. The quantitative estimate of drug-likeness (QED) is 0.646. The second-order valence-corrected chi connectivity index (χ2v) is 9.40. The van der Waals surface area contributed by atoms with Gasteiger partial charge in [-0.05, 0) is 49.8 Å². The molecule has 2 amide bonds. The van der Waals surface area contributed by atoms with Crippen LogP contribution >= 0.6 is 0 Å². The number of carbonyl (C=O) groups excluding carboxylic acids is 2. The minimum Gasteiger partial charge on any atom is -0.352 e. The van der Waals surface area contributed by atoms with Crippen LogP contribution in [0.4, 0.5) is 4.39 Å². The van der Waals surface area contributed by atoms with E-state index in [2.05, 4.69) is 38.2 Å². The summed E-state index contributed by atoms with van der Waals surface area (Å²) in [6, 6.07) is 13.9. The molecular weight excluding hydrogens is 391 g/mol. The third kappa shape index (κ3) is 7.20. The molecule has 0 unspecified atom stereocenters. The van der Waals surface area contributed by atoms with Gasteiger partial charge in [-0.3, -0.25) is 9.59 Å². The predicted molar refractivity (Wildman–Crippen MR) is 123 cm³/mol. The highest BCUT2D eigenvalue weighted by atomic mass is 19.1. The topological polar surface area (TPSA) is 49.4 Å². The smallest absolute Gasteiger partial charge is 0.242 e. The summed E-state index contributed by atoms with van der Waals surface area (Å²) in [5.74, 6) is -0.793. The summed E-state index contributed by atoms with van der Waals surface area (Å²) in [4.78, 5) is 27.2. The van der Waals surface area contributed by atoms with Crippen molar-refractivity contribution in [3.8, 4) is 0 Å². The molecule has 1 atom stereocenters. The van der Waals surface area contributed by atoms with E-state index in [9.17, 15) is 14.0 Å². The molecule has 0 saturated carbocycles. The Labute approximate surface area is 185 Å². The molecule has 0 radical (unpaired) electrons. The summed E-state index contributed by atoms with van der Waals surface area (Å²) in [6.07, 6.45) is 0.818. The van der Waals surface area contributed by atoms with Crippen LogP contribution in [-0.4, -0.2) is 28.8 Å². The number of carbonyl (C=O) groups is 2. The molecule has 5 heteroatoms. The van der Waals surface area contributed by atoms with Crippen molar-refractivity contribution in [1.82, 2.24) is 10.2 Å². The molecule has 0 bridgehead atoms.